The molecule has 1 aromatic rings. The summed E-state index contributed by atoms with van der Waals surface area (Å²) in [5.74, 6) is 0.946. The number of aliphatic hydroxyl groups is 1. The summed E-state index contributed by atoms with van der Waals surface area (Å²) >= 11 is 0. The Morgan fingerprint density at radius 3 is 3.00 bits per heavy atom. The third-order valence-corrected chi connectivity index (χ3v) is 1.23. The molecular weight excluding hydrogens is 156 g/mol. The van der Waals surface area contributed by atoms with E-state index in [1.165, 1.54) is 6.20 Å². The lowest BCUT2D eigenvalue weighted by molar-refractivity contribution is 0.208. The predicted molar refractivity (Wildman–Crippen MR) is 46.6 cm³/mol. The summed E-state index contributed by atoms with van der Waals surface area (Å²) in [6, 6.07) is 0. The summed E-state index contributed by atoms with van der Waals surface area (Å²) in [5.41, 5.74) is 5.39. The van der Waals surface area contributed by atoms with E-state index in [0.29, 0.717) is 18.2 Å². The number of rotatable bonds is 3. The van der Waals surface area contributed by atoms with Crippen LogP contribution in [0.15, 0.2) is 12.4 Å². The number of anilines is 2. The van der Waals surface area contributed by atoms with Crippen molar-refractivity contribution in [1.29, 1.82) is 0 Å². The normalized spacial score (nSPS) is 12.5. The van der Waals surface area contributed by atoms with Crippen LogP contribution in [0.3, 0.4) is 0 Å². The van der Waals surface area contributed by atoms with Gasteiger partial charge >= 0.3 is 0 Å². The van der Waals surface area contributed by atoms with Gasteiger partial charge in [0.2, 0.25) is 0 Å². The molecule has 0 aromatic carbocycles. The van der Waals surface area contributed by atoms with Crippen molar-refractivity contribution in [2.45, 2.75) is 13.0 Å². The third-order valence-electron chi connectivity index (χ3n) is 1.23. The number of aliphatic hydroxyl groups excluding tert-OH is 1. The standard InChI is InChI=1S/C7H12N4O/c1-5(12)2-10-7-4-9-3-6(8)11-7/h3-5,12H,2H2,1H3,(H3,8,10,11). The van der Waals surface area contributed by atoms with Crippen LogP contribution in [0.25, 0.3) is 0 Å². The number of nitrogens with one attached hydrogen (secondary N) is 1. The first-order chi connectivity index (χ1) is 5.68. The van der Waals surface area contributed by atoms with Crippen LogP contribution in [-0.4, -0.2) is 27.7 Å². The van der Waals surface area contributed by atoms with Crippen molar-refractivity contribution in [3.63, 3.8) is 0 Å². The molecule has 0 spiro atoms. The van der Waals surface area contributed by atoms with E-state index in [1.54, 1.807) is 13.1 Å². The molecule has 5 heteroatoms. The smallest absolute Gasteiger partial charge is 0.147 e. The average molecular weight is 168 g/mol. The van der Waals surface area contributed by atoms with Crippen LogP contribution < -0.4 is 11.1 Å². The van der Waals surface area contributed by atoms with Crippen LogP contribution in [0.5, 0.6) is 0 Å². The van der Waals surface area contributed by atoms with Gasteiger partial charge in [0.05, 0.1) is 18.5 Å². The second-order valence-corrected chi connectivity index (χ2v) is 2.56. The lowest BCUT2D eigenvalue weighted by atomic mass is 10.4. The molecule has 1 unspecified atom stereocenters. The van der Waals surface area contributed by atoms with Gasteiger partial charge in [0.15, 0.2) is 0 Å². The highest BCUT2D eigenvalue weighted by atomic mass is 16.3. The van der Waals surface area contributed by atoms with Gasteiger partial charge in [-0.2, -0.15) is 0 Å². The zero-order valence-electron chi connectivity index (χ0n) is 6.86. The average Bonchev–Trinajstić information content (AvgIpc) is 2.01. The van der Waals surface area contributed by atoms with Crippen LogP contribution in [0, 0.1) is 0 Å². The highest BCUT2D eigenvalue weighted by molar-refractivity contribution is 5.38. The van der Waals surface area contributed by atoms with Crippen molar-refractivity contribution < 1.29 is 5.11 Å². The van der Waals surface area contributed by atoms with Gasteiger partial charge in [-0.25, -0.2) is 4.98 Å². The summed E-state index contributed by atoms with van der Waals surface area (Å²) < 4.78 is 0. The maximum absolute atomic E-state index is 8.94. The summed E-state index contributed by atoms with van der Waals surface area (Å²) in [5, 5.41) is 11.8. The monoisotopic (exact) mass is 168 g/mol. The van der Waals surface area contributed by atoms with Gasteiger partial charge in [0, 0.05) is 6.54 Å². The summed E-state index contributed by atoms with van der Waals surface area (Å²) in [7, 11) is 0. The molecule has 5 nitrogen and oxygen atoms in total. The summed E-state index contributed by atoms with van der Waals surface area (Å²) in [4.78, 5) is 7.77. The molecule has 0 aliphatic rings. The van der Waals surface area contributed by atoms with Crippen LogP contribution in [-0.2, 0) is 0 Å². The number of nitrogens with zero attached hydrogens (tertiary/aromatic N) is 2. The number of nitrogen functional groups attached to an aromatic ring is 1. The first-order valence-electron chi connectivity index (χ1n) is 3.68. The van der Waals surface area contributed by atoms with Crippen LogP contribution in [0.2, 0.25) is 0 Å². The van der Waals surface area contributed by atoms with E-state index in [9.17, 15) is 0 Å². The van der Waals surface area contributed by atoms with Crippen LogP contribution in [0.4, 0.5) is 11.6 Å². The second-order valence-electron chi connectivity index (χ2n) is 2.56. The minimum atomic E-state index is -0.409. The third kappa shape index (κ3) is 2.71. The number of hydrogen-bond donors (Lipinski definition) is 3. The molecule has 0 bridgehead atoms. The second kappa shape index (κ2) is 3.87. The molecule has 0 fully saturated rings. The molecule has 1 atom stereocenters. The van der Waals surface area contributed by atoms with Crippen molar-refractivity contribution in [3.05, 3.63) is 12.4 Å². The van der Waals surface area contributed by atoms with Gasteiger partial charge in [-0.1, -0.05) is 0 Å². The van der Waals surface area contributed by atoms with E-state index in [-0.39, 0.29) is 0 Å². The van der Waals surface area contributed by atoms with E-state index >= 15 is 0 Å². The fourth-order valence-corrected chi connectivity index (χ4v) is 0.719. The molecule has 12 heavy (non-hydrogen) atoms. The van der Waals surface area contributed by atoms with Crippen LogP contribution in [0.1, 0.15) is 6.92 Å². The molecule has 1 heterocycles. The molecule has 0 radical (unpaired) electrons. The fourth-order valence-electron chi connectivity index (χ4n) is 0.719. The zero-order valence-corrected chi connectivity index (χ0v) is 6.86. The summed E-state index contributed by atoms with van der Waals surface area (Å²) in [6.07, 6.45) is 2.61. The van der Waals surface area contributed by atoms with E-state index in [2.05, 4.69) is 15.3 Å². The predicted octanol–water partition coefficient (Wildman–Crippen LogP) is -0.149. The van der Waals surface area contributed by atoms with E-state index in [0.717, 1.165) is 0 Å². The molecule has 4 N–H and O–H groups in total. The number of hydrogen-bond acceptors (Lipinski definition) is 5. The van der Waals surface area contributed by atoms with Crippen molar-refractivity contribution in [3.8, 4) is 0 Å². The highest BCUT2D eigenvalue weighted by Crippen LogP contribution is 2.02. The van der Waals surface area contributed by atoms with E-state index in [4.69, 9.17) is 10.8 Å². The lowest BCUT2D eigenvalue weighted by Crippen LogP contribution is -2.16. The molecule has 1 aromatic heterocycles. The lowest BCUT2D eigenvalue weighted by Gasteiger charge is -2.06. The van der Waals surface area contributed by atoms with Crippen LogP contribution >= 0.6 is 0 Å². The number of aromatic nitrogens is 2. The Morgan fingerprint density at radius 1 is 1.67 bits per heavy atom. The zero-order chi connectivity index (χ0) is 8.97. The Hall–Kier alpha value is -1.36. The first kappa shape index (κ1) is 8.73. The number of nitrogens with two attached hydrogens (primary N) is 1. The molecule has 0 amide bonds. The van der Waals surface area contributed by atoms with Gasteiger partial charge in [-0.05, 0) is 6.92 Å². The van der Waals surface area contributed by atoms with E-state index in [1.807, 2.05) is 0 Å². The van der Waals surface area contributed by atoms with Crippen molar-refractivity contribution in [2.75, 3.05) is 17.6 Å². The first-order valence-corrected chi connectivity index (χ1v) is 3.68. The van der Waals surface area contributed by atoms with Crippen molar-refractivity contribution in [1.82, 2.24) is 9.97 Å². The Balaban J connectivity index is 2.52. The fraction of sp³-hybridized carbons (Fsp3) is 0.429. The minimum absolute atomic E-state index is 0.366. The van der Waals surface area contributed by atoms with Gasteiger partial charge in [-0.3, -0.25) is 4.98 Å². The largest absolute Gasteiger partial charge is 0.392 e. The molecule has 66 valence electrons. The quantitative estimate of drug-likeness (QED) is 0.584. The molecule has 0 aliphatic heterocycles. The van der Waals surface area contributed by atoms with Gasteiger partial charge in [0.25, 0.3) is 0 Å². The maximum Gasteiger partial charge on any atom is 0.147 e. The minimum Gasteiger partial charge on any atom is -0.392 e. The Bertz CT molecular complexity index is 251. The molecule has 1 rings (SSSR count). The molecule has 0 aliphatic carbocycles. The molecule has 0 saturated carbocycles. The maximum atomic E-state index is 8.94. The Morgan fingerprint density at radius 2 is 2.42 bits per heavy atom. The topological polar surface area (TPSA) is 84.1 Å². The van der Waals surface area contributed by atoms with Gasteiger partial charge in [0.1, 0.15) is 11.6 Å². The van der Waals surface area contributed by atoms with Crippen molar-refractivity contribution >= 4 is 11.6 Å². The van der Waals surface area contributed by atoms with E-state index < -0.39 is 6.10 Å². The molecule has 0 saturated heterocycles. The van der Waals surface area contributed by atoms with Gasteiger partial charge < -0.3 is 16.2 Å². The Kier molecular flexibility index (Phi) is 2.82. The SMILES string of the molecule is CC(O)CNc1cncc(N)n1. The molecular formula is C7H12N4O. The Labute approximate surface area is 70.6 Å². The summed E-state index contributed by atoms with van der Waals surface area (Å²) in [6.45, 7) is 2.13. The van der Waals surface area contributed by atoms with Crippen molar-refractivity contribution in [2.24, 2.45) is 0 Å². The highest BCUT2D eigenvalue weighted by Gasteiger charge is 1.97. The van der Waals surface area contributed by atoms with Gasteiger partial charge in [-0.15, -0.1) is 0 Å².